The van der Waals surface area contributed by atoms with Gasteiger partial charge in [0.05, 0.1) is 22.3 Å². The lowest BCUT2D eigenvalue weighted by molar-refractivity contribution is 0.668. The molecule has 0 atom stereocenters. The SMILES string of the molecule is c1ccc2cc(-c3nc(-c4ccc5c(c4)oc4ccccc45)nc(-c4cccc5c4oc4cc(-n6c7ccccc7c7cc8ccccc8cc76)c6ccccc6c45)n3)ccc2c1. The first-order chi connectivity index (χ1) is 31.2. The molecule has 0 aliphatic heterocycles. The zero-order valence-electron chi connectivity index (χ0n) is 33.6. The molecule has 0 aliphatic rings. The van der Waals surface area contributed by atoms with Crippen LogP contribution in [0.15, 0.2) is 203 Å². The van der Waals surface area contributed by atoms with Crippen LogP contribution in [0.5, 0.6) is 0 Å². The summed E-state index contributed by atoms with van der Waals surface area (Å²) in [7, 11) is 0. The lowest BCUT2D eigenvalue weighted by Crippen LogP contribution is -2.00. The molecule has 0 radical (unpaired) electrons. The highest BCUT2D eigenvalue weighted by Gasteiger charge is 2.23. The first kappa shape index (κ1) is 34.1. The summed E-state index contributed by atoms with van der Waals surface area (Å²) in [6, 6.07) is 68.1. The number of nitrogens with zero attached hydrogens (tertiary/aromatic N) is 4. The number of hydrogen-bond acceptors (Lipinski definition) is 5. The third-order valence-electron chi connectivity index (χ3n) is 12.8. The van der Waals surface area contributed by atoms with Gasteiger partial charge in [-0.3, -0.25) is 0 Å². The molecule has 14 rings (SSSR count). The molecule has 0 spiro atoms. The van der Waals surface area contributed by atoms with E-state index < -0.39 is 0 Å². The van der Waals surface area contributed by atoms with Gasteiger partial charge in [-0.05, 0) is 75.5 Å². The van der Waals surface area contributed by atoms with Crippen LogP contribution in [0.4, 0.5) is 0 Å². The van der Waals surface area contributed by atoms with Gasteiger partial charge in [0.15, 0.2) is 17.5 Å². The number of fused-ring (bicyclic) bond motifs is 13. The maximum Gasteiger partial charge on any atom is 0.167 e. The van der Waals surface area contributed by atoms with Crippen LogP contribution in [0.2, 0.25) is 0 Å². The van der Waals surface area contributed by atoms with Gasteiger partial charge in [-0.15, -0.1) is 0 Å². The second-order valence-corrected chi connectivity index (χ2v) is 16.3. The standard InChI is InChI=1S/C57H32N4O2/c1-2-13-34-28-37(25-24-33(34)12-1)55-58-56(38-26-27-42-41-18-8-10-23-50(41)62-51(42)31-38)60-57(59-55)45-21-11-20-44-53-43-19-6-5-16-39(43)49(32-52(53)63-54(44)45)61-47-22-9-7-17-40(47)46-29-35-14-3-4-15-36(35)30-48(46)61/h1-32H. The number of para-hydroxylation sites is 3. The van der Waals surface area contributed by atoms with Gasteiger partial charge in [0.25, 0.3) is 0 Å². The van der Waals surface area contributed by atoms with Gasteiger partial charge < -0.3 is 13.4 Å². The number of hydrogen-bond donors (Lipinski definition) is 0. The van der Waals surface area contributed by atoms with E-state index in [-0.39, 0.29) is 0 Å². The molecule has 14 aromatic rings. The van der Waals surface area contributed by atoms with E-state index >= 15 is 0 Å². The Bertz CT molecular complexity index is 4230. The zero-order valence-corrected chi connectivity index (χ0v) is 33.6. The Labute approximate surface area is 358 Å². The molecule has 0 aliphatic carbocycles. The van der Waals surface area contributed by atoms with Crippen LogP contribution < -0.4 is 0 Å². The Morgan fingerprint density at radius 2 is 0.952 bits per heavy atom. The van der Waals surface area contributed by atoms with E-state index in [0.717, 1.165) is 98.8 Å². The molecule has 0 unspecified atom stereocenters. The van der Waals surface area contributed by atoms with Crippen LogP contribution >= 0.6 is 0 Å². The minimum atomic E-state index is 0.524. The van der Waals surface area contributed by atoms with E-state index in [4.69, 9.17) is 23.8 Å². The average molecular weight is 805 g/mol. The van der Waals surface area contributed by atoms with Gasteiger partial charge in [-0.25, -0.2) is 15.0 Å². The molecule has 0 saturated heterocycles. The summed E-state index contributed by atoms with van der Waals surface area (Å²) in [5.74, 6) is 1.65. The van der Waals surface area contributed by atoms with E-state index in [0.29, 0.717) is 17.5 Å². The Morgan fingerprint density at radius 3 is 1.79 bits per heavy atom. The molecule has 292 valence electrons. The number of furan rings is 2. The number of rotatable bonds is 4. The first-order valence-corrected chi connectivity index (χ1v) is 21.2. The van der Waals surface area contributed by atoms with E-state index in [1.165, 1.54) is 21.5 Å². The lowest BCUT2D eigenvalue weighted by atomic mass is 10.0. The minimum Gasteiger partial charge on any atom is -0.456 e. The van der Waals surface area contributed by atoms with Crippen molar-refractivity contribution in [2.75, 3.05) is 0 Å². The predicted molar refractivity (Wildman–Crippen MR) is 258 cm³/mol. The molecule has 0 fully saturated rings. The Balaban J connectivity index is 1.02. The molecule has 10 aromatic carbocycles. The van der Waals surface area contributed by atoms with Crippen molar-refractivity contribution < 1.29 is 8.83 Å². The van der Waals surface area contributed by atoms with Crippen molar-refractivity contribution in [2.24, 2.45) is 0 Å². The van der Waals surface area contributed by atoms with Crippen LogP contribution in [0, 0.1) is 0 Å². The Morgan fingerprint density at radius 1 is 0.333 bits per heavy atom. The summed E-state index contributed by atoms with van der Waals surface area (Å²) < 4.78 is 15.8. The summed E-state index contributed by atoms with van der Waals surface area (Å²) in [5.41, 5.74) is 9.00. The number of aromatic nitrogens is 4. The second-order valence-electron chi connectivity index (χ2n) is 16.3. The molecule has 6 heteroatoms. The fourth-order valence-corrected chi connectivity index (χ4v) is 9.87. The van der Waals surface area contributed by atoms with Crippen molar-refractivity contribution in [1.29, 1.82) is 0 Å². The van der Waals surface area contributed by atoms with Crippen molar-refractivity contribution in [3.05, 3.63) is 194 Å². The van der Waals surface area contributed by atoms with Crippen molar-refractivity contribution in [2.45, 2.75) is 0 Å². The van der Waals surface area contributed by atoms with Crippen LogP contribution in [-0.4, -0.2) is 19.5 Å². The highest BCUT2D eigenvalue weighted by atomic mass is 16.3. The predicted octanol–water partition coefficient (Wildman–Crippen LogP) is 15.2. The average Bonchev–Trinajstić information content (AvgIpc) is 4.02. The van der Waals surface area contributed by atoms with E-state index in [1.54, 1.807) is 0 Å². The van der Waals surface area contributed by atoms with E-state index in [2.05, 4.69) is 174 Å². The lowest BCUT2D eigenvalue weighted by Gasteiger charge is -2.13. The summed E-state index contributed by atoms with van der Waals surface area (Å²) in [6.45, 7) is 0. The summed E-state index contributed by atoms with van der Waals surface area (Å²) in [4.78, 5) is 15.6. The van der Waals surface area contributed by atoms with Gasteiger partial charge in [0.2, 0.25) is 0 Å². The van der Waals surface area contributed by atoms with Crippen LogP contribution in [0.1, 0.15) is 0 Å². The van der Waals surface area contributed by atoms with Gasteiger partial charge >= 0.3 is 0 Å². The third-order valence-corrected chi connectivity index (χ3v) is 12.8. The molecule has 4 heterocycles. The van der Waals surface area contributed by atoms with Gasteiger partial charge in [-0.1, -0.05) is 140 Å². The smallest absolute Gasteiger partial charge is 0.167 e. The van der Waals surface area contributed by atoms with Crippen LogP contribution in [0.3, 0.4) is 0 Å². The molecule has 0 bridgehead atoms. The molecule has 6 nitrogen and oxygen atoms in total. The van der Waals surface area contributed by atoms with Crippen molar-refractivity contribution in [1.82, 2.24) is 19.5 Å². The Kier molecular flexibility index (Phi) is 7.02. The minimum absolute atomic E-state index is 0.524. The largest absolute Gasteiger partial charge is 0.456 e. The normalized spacial score (nSPS) is 12.1. The zero-order chi connectivity index (χ0) is 41.2. The van der Waals surface area contributed by atoms with E-state index in [1.807, 2.05) is 24.3 Å². The highest BCUT2D eigenvalue weighted by Crippen LogP contribution is 2.44. The molecule has 4 aromatic heterocycles. The molecule has 0 N–H and O–H groups in total. The molecular formula is C57H32N4O2. The maximum absolute atomic E-state index is 7.09. The summed E-state index contributed by atoms with van der Waals surface area (Å²) in [6.07, 6.45) is 0. The molecule has 0 amide bonds. The fraction of sp³-hybridized carbons (Fsp3) is 0. The summed E-state index contributed by atoms with van der Waals surface area (Å²) in [5, 5.41) is 13.5. The quantitative estimate of drug-likeness (QED) is 0.177. The Hall–Kier alpha value is -8.61. The first-order valence-electron chi connectivity index (χ1n) is 21.2. The fourth-order valence-electron chi connectivity index (χ4n) is 9.87. The van der Waals surface area contributed by atoms with Crippen molar-refractivity contribution in [3.63, 3.8) is 0 Å². The van der Waals surface area contributed by atoms with Crippen molar-refractivity contribution in [3.8, 4) is 39.9 Å². The van der Waals surface area contributed by atoms with Crippen LogP contribution in [0.25, 0.3) is 138 Å². The molecule has 0 saturated carbocycles. The van der Waals surface area contributed by atoms with Gasteiger partial charge in [0, 0.05) is 54.9 Å². The van der Waals surface area contributed by atoms with Crippen molar-refractivity contribution >= 4 is 98.0 Å². The maximum atomic E-state index is 7.09. The number of benzene rings is 10. The van der Waals surface area contributed by atoms with Gasteiger partial charge in [0.1, 0.15) is 22.3 Å². The summed E-state index contributed by atoms with van der Waals surface area (Å²) >= 11 is 0. The highest BCUT2D eigenvalue weighted by molar-refractivity contribution is 6.23. The monoisotopic (exact) mass is 804 g/mol. The molecule has 63 heavy (non-hydrogen) atoms. The topological polar surface area (TPSA) is 69.9 Å². The third kappa shape index (κ3) is 5.09. The second kappa shape index (κ2) is 12.9. The van der Waals surface area contributed by atoms with Crippen LogP contribution in [-0.2, 0) is 0 Å². The van der Waals surface area contributed by atoms with E-state index in [9.17, 15) is 0 Å². The van der Waals surface area contributed by atoms with Gasteiger partial charge in [-0.2, -0.15) is 0 Å². The molecular weight excluding hydrogens is 773 g/mol.